The SMILES string of the molecule is CC(C)(C)OC(=O)N[C@@H](Cc1cccc(Oc2ccc(Br)cc2)c1)C(=O)O. The van der Waals surface area contributed by atoms with Gasteiger partial charge >= 0.3 is 12.1 Å². The molecule has 0 spiro atoms. The fourth-order valence-electron chi connectivity index (χ4n) is 2.26. The number of benzene rings is 2. The van der Waals surface area contributed by atoms with Gasteiger partial charge in [-0.3, -0.25) is 0 Å². The largest absolute Gasteiger partial charge is 0.480 e. The van der Waals surface area contributed by atoms with Gasteiger partial charge in [0, 0.05) is 10.9 Å². The molecule has 0 aliphatic rings. The molecule has 0 heterocycles. The van der Waals surface area contributed by atoms with Gasteiger partial charge in [0.25, 0.3) is 0 Å². The Morgan fingerprint density at radius 2 is 1.78 bits per heavy atom. The normalized spacial score (nSPS) is 12.1. The number of carboxylic acid groups (broad SMARTS) is 1. The van der Waals surface area contributed by atoms with Gasteiger partial charge in [0.1, 0.15) is 23.1 Å². The average molecular weight is 436 g/mol. The van der Waals surface area contributed by atoms with Gasteiger partial charge in [0.05, 0.1) is 0 Å². The first-order chi connectivity index (χ1) is 12.6. The number of carbonyl (C=O) groups is 2. The van der Waals surface area contributed by atoms with Gasteiger partial charge in [0.2, 0.25) is 0 Å². The van der Waals surface area contributed by atoms with Crippen molar-refractivity contribution in [2.75, 3.05) is 0 Å². The van der Waals surface area contributed by atoms with E-state index in [1.807, 2.05) is 24.3 Å². The summed E-state index contributed by atoms with van der Waals surface area (Å²) in [4.78, 5) is 23.4. The fourth-order valence-corrected chi connectivity index (χ4v) is 2.52. The van der Waals surface area contributed by atoms with E-state index in [1.165, 1.54) is 0 Å². The lowest BCUT2D eigenvalue weighted by atomic mass is 10.1. The van der Waals surface area contributed by atoms with Crippen LogP contribution in [0.5, 0.6) is 11.5 Å². The number of carboxylic acids is 1. The Morgan fingerprint density at radius 3 is 2.37 bits per heavy atom. The van der Waals surface area contributed by atoms with E-state index in [0.29, 0.717) is 17.1 Å². The molecule has 1 amide bonds. The molecule has 7 heteroatoms. The number of halogens is 1. The first-order valence-electron chi connectivity index (χ1n) is 8.37. The van der Waals surface area contributed by atoms with E-state index in [-0.39, 0.29) is 6.42 Å². The van der Waals surface area contributed by atoms with Crippen molar-refractivity contribution in [1.82, 2.24) is 5.32 Å². The predicted octanol–water partition coefficient (Wildman–Crippen LogP) is 4.76. The highest BCUT2D eigenvalue weighted by Crippen LogP contribution is 2.24. The minimum Gasteiger partial charge on any atom is -0.480 e. The summed E-state index contributed by atoms with van der Waals surface area (Å²) >= 11 is 3.36. The lowest BCUT2D eigenvalue weighted by Crippen LogP contribution is -2.44. The Kier molecular flexibility index (Phi) is 6.85. The smallest absolute Gasteiger partial charge is 0.408 e. The Balaban J connectivity index is 2.06. The van der Waals surface area contributed by atoms with Crippen molar-refractivity contribution in [2.24, 2.45) is 0 Å². The van der Waals surface area contributed by atoms with E-state index >= 15 is 0 Å². The maximum atomic E-state index is 11.9. The summed E-state index contributed by atoms with van der Waals surface area (Å²) in [7, 11) is 0. The Morgan fingerprint density at radius 1 is 1.11 bits per heavy atom. The number of aliphatic carboxylic acids is 1. The number of alkyl carbamates (subject to hydrolysis) is 1. The molecule has 0 saturated carbocycles. The maximum absolute atomic E-state index is 11.9. The number of hydrogen-bond acceptors (Lipinski definition) is 4. The molecule has 0 aliphatic heterocycles. The molecule has 2 aromatic rings. The van der Waals surface area contributed by atoms with Gasteiger partial charge in [-0.1, -0.05) is 28.1 Å². The second-order valence-corrected chi connectivity index (χ2v) is 7.86. The highest BCUT2D eigenvalue weighted by atomic mass is 79.9. The average Bonchev–Trinajstić information content (AvgIpc) is 2.55. The van der Waals surface area contributed by atoms with E-state index in [2.05, 4.69) is 21.2 Å². The van der Waals surface area contributed by atoms with Gasteiger partial charge < -0.3 is 19.9 Å². The molecule has 0 unspecified atom stereocenters. The van der Waals surface area contributed by atoms with Crippen LogP contribution in [-0.4, -0.2) is 28.8 Å². The first-order valence-corrected chi connectivity index (χ1v) is 9.16. The minimum atomic E-state index is -1.14. The van der Waals surface area contributed by atoms with E-state index in [0.717, 1.165) is 4.47 Å². The predicted molar refractivity (Wildman–Crippen MR) is 105 cm³/mol. The number of rotatable bonds is 6. The zero-order chi connectivity index (χ0) is 20.0. The molecule has 6 nitrogen and oxygen atoms in total. The van der Waals surface area contributed by atoms with Crippen LogP contribution in [0.2, 0.25) is 0 Å². The van der Waals surface area contributed by atoms with Crippen molar-refractivity contribution in [2.45, 2.75) is 38.8 Å². The van der Waals surface area contributed by atoms with Gasteiger partial charge in [-0.15, -0.1) is 0 Å². The quantitative estimate of drug-likeness (QED) is 0.682. The molecule has 0 bridgehead atoms. The second kappa shape index (κ2) is 8.90. The van der Waals surface area contributed by atoms with Crippen LogP contribution in [0.1, 0.15) is 26.3 Å². The van der Waals surface area contributed by atoms with Gasteiger partial charge in [-0.2, -0.15) is 0 Å². The number of hydrogen-bond donors (Lipinski definition) is 2. The summed E-state index contributed by atoms with van der Waals surface area (Å²) in [6.45, 7) is 5.14. The van der Waals surface area contributed by atoms with Crippen molar-refractivity contribution in [1.29, 1.82) is 0 Å². The molecule has 1 atom stereocenters. The van der Waals surface area contributed by atoms with Crippen LogP contribution in [0, 0.1) is 0 Å². The van der Waals surface area contributed by atoms with Gasteiger partial charge in [-0.05, 0) is 62.7 Å². The molecule has 2 N–H and O–H groups in total. The van der Waals surface area contributed by atoms with Crippen molar-refractivity contribution < 1.29 is 24.2 Å². The van der Waals surface area contributed by atoms with E-state index in [4.69, 9.17) is 9.47 Å². The second-order valence-electron chi connectivity index (χ2n) is 6.94. The third-order valence-corrected chi connectivity index (χ3v) is 3.91. The number of ether oxygens (including phenoxy) is 2. The molecule has 0 aliphatic carbocycles. The number of carbonyl (C=O) groups excluding carboxylic acids is 1. The Bertz CT molecular complexity index is 799. The lowest BCUT2D eigenvalue weighted by molar-refractivity contribution is -0.139. The van der Waals surface area contributed by atoms with E-state index in [1.54, 1.807) is 45.0 Å². The van der Waals surface area contributed by atoms with Gasteiger partial charge in [-0.25, -0.2) is 9.59 Å². The highest BCUT2D eigenvalue weighted by Gasteiger charge is 2.24. The van der Waals surface area contributed by atoms with Crippen LogP contribution in [-0.2, 0) is 16.0 Å². The topological polar surface area (TPSA) is 84.9 Å². The summed E-state index contributed by atoms with van der Waals surface area (Å²) in [5.74, 6) is 0.105. The van der Waals surface area contributed by atoms with E-state index in [9.17, 15) is 14.7 Å². The van der Waals surface area contributed by atoms with Crippen molar-refractivity contribution in [3.8, 4) is 11.5 Å². The summed E-state index contributed by atoms with van der Waals surface area (Å²) in [5.41, 5.74) is 0.0130. The monoisotopic (exact) mass is 435 g/mol. The van der Waals surface area contributed by atoms with Crippen LogP contribution in [0.3, 0.4) is 0 Å². The zero-order valence-corrected chi connectivity index (χ0v) is 16.9. The van der Waals surface area contributed by atoms with Crippen LogP contribution in [0.4, 0.5) is 4.79 Å². The summed E-state index contributed by atoms with van der Waals surface area (Å²) in [5, 5.41) is 11.8. The molecule has 0 radical (unpaired) electrons. The maximum Gasteiger partial charge on any atom is 0.408 e. The summed E-state index contributed by atoms with van der Waals surface area (Å²) in [6.07, 6.45) is -0.663. The van der Waals surface area contributed by atoms with Crippen LogP contribution in [0.15, 0.2) is 53.0 Å². The molecule has 2 rings (SSSR count). The van der Waals surface area contributed by atoms with Crippen molar-refractivity contribution >= 4 is 28.0 Å². The highest BCUT2D eigenvalue weighted by molar-refractivity contribution is 9.10. The molecular formula is C20H22BrNO5. The van der Waals surface area contributed by atoms with Crippen molar-refractivity contribution in [3.63, 3.8) is 0 Å². The van der Waals surface area contributed by atoms with Crippen LogP contribution >= 0.6 is 15.9 Å². The third-order valence-electron chi connectivity index (χ3n) is 3.38. The lowest BCUT2D eigenvalue weighted by Gasteiger charge is -2.22. The molecular weight excluding hydrogens is 414 g/mol. The molecule has 0 aromatic heterocycles. The Hall–Kier alpha value is -2.54. The fraction of sp³-hybridized carbons (Fsp3) is 0.300. The Labute approximate surface area is 166 Å². The third kappa shape index (κ3) is 7.30. The van der Waals surface area contributed by atoms with Crippen molar-refractivity contribution in [3.05, 3.63) is 58.6 Å². The van der Waals surface area contributed by atoms with E-state index < -0.39 is 23.7 Å². The van der Waals surface area contributed by atoms with Crippen LogP contribution < -0.4 is 10.1 Å². The molecule has 144 valence electrons. The minimum absolute atomic E-state index is 0.103. The zero-order valence-electron chi connectivity index (χ0n) is 15.4. The number of nitrogens with one attached hydrogen (secondary N) is 1. The summed E-state index contributed by atoms with van der Waals surface area (Å²) < 4.78 is 11.9. The van der Waals surface area contributed by atoms with Crippen LogP contribution in [0.25, 0.3) is 0 Å². The summed E-state index contributed by atoms with van der Waals surface area (Å²) in [6, 6.07) is 13.3. The molecule has 0 fully saturated rings. The molecule has 2 aromatic carbocycles. The molecule has 27 heavy (non-hydrogen) atoms. The number of amides is 1. The standard InChI is InChI=1S/C20H22BrNO5/c1-20(2,3)27-19(25)22-17(18(23)24)12-13-5-4-6-16(11-13)26-15-9-7-14(21)8-10-15/h4-11,17H,12H2,1-3H3,(H,22,25)(H,23,24)/t17-/m0/s1. The first kappa shape index (κ1) is 20.8. The van der Waals surface area contributed by atoms with Gasteiger partial charge in [0.15, 0.2) is 0 Å². The molecule has 0 saturated heterocycles.